The molecule has 184 valence electrons. The van der Waals surface area contributed by atoms with Gasteiger partial charge in [-0.2, -0.15) is 0 Å². The molecule has 6 heteroatoms. The maximum absolute atomic E-state index is 12.8. The Morgan fingerprint density at radius 3 is 2.41 bits per heavy atom. The van der Waals surface area contributed by atoms with Gasteiger partial charge in [0.15, 0.2) is 6.61 Å². The van der Waals surface area contributed by atoms with Crippen LogP contribution in [0.1, 0.15) is 86.3 Å². The molecule has 1 aliphatic rings. The van der Waals surface area contributed by atoms with E-state index in [1.807, 2.05) is 32.9 Å². The molecule has 2 aromatic carbocycles. The summed E-state index contributed by atoms with van der Waals surface area (Å²) in [6.07, 6.45) is 0.433. The molecule has 34 heavy (non-hydrogen) atoms. The number of carboxylic acids is 1. The summed E-state index contributed by atoms with van der Waals surface area (Å²) >= 11 is 0. The van der Waals surface area contributed by atoms with Gasteiger partial charge in [-0.05, 0) is 66.0 Å². The zero-order valence-electron chi connectivity index (χ0n) is 21.6. The largest absolute Gasteiger partial charge is 0.492 e. The van der Waals surface area contributed by atoms with Crippen LogP contribution in [0.5, 0.6) is 11.5 Å². The van der Waals surface area contributed by atoms with E-state index in [9.17, 15) is 9.59 Å². The molecule has 3 rings (SSSR count). The van der Waals surface area contributed by atoms with Crippen LogP contribution >= 0.6 is 0 Å². The second kappa shape index (κ2) is 9.69. The third-order valence-electron chi connectivity index (χ3n) is 6.41. The summed E-state index contributed by atoms with van der Waals surface area (Å²) < 4.78 is 11.8. The predicted molar refractivity (Wildman–Crippen MR) is 134 cm³/mol. The lowest BCUT2D eigenvalue weighted by Crippen LogP contribution is -2.21. The van der Waals surface area contributed by atoms with Crippen molar-refractivity contribution in [2.75, 3.05) is 18.5 Å². The number of carbonyl (C=O) groups is 2. The SMILES string of the molecule is Cc1c(C)c2c(c(C)c1NC(=O)CC(C)(C)C)C(c1ccc(C(C)C)c(OCC(=O)O)c1)CO2. The van der Waals surface area contributed by atoms with E-state index in [1.54, 1.807) is 0 Å². The minimum Gasteiger partial charge on any atom is -0.492 e. The van der Waals surface area contributed by atoms with Crippen LogP contribution in [0.4, 0.5) is 5.69 Å². The molecule has 1 atom stereocenters. The third-order valence-corrected chi connectivity index (χ3v) is 6.41. The lowest BCUT2D eigenvalue weighted by molar-refractivity contribution is -0.139. The van der Waals surface area contributed by atoms with Crippen molar-refractivity contribution < 1.29 is 24.2 Å². The Hall–Kier alpha value is -3.02. The van der Waals surface area contributed by atoms with Crippen LogP contribution in [0.3, 0.4) is 0 Å². The number of nitrogens with one attached hydrogen (secondary N) is 1. The molecule has 0 saturated heterocycles. The number of rotatable bonds is 7. The number of benzene rings is 2. The zero-order chi connectivity index (χ0) is 25.4. The maximum atomic E-state index is 12.8. The summed E-state index contributed by atoms with van der Waals surface area (Å²) in [6, 6.07) is 6.02. The standard InChI is InChI=1S/C28H37NO5/c1-15(2)20-10-9-19(11-22(20)33-14-24(31)32)21-13-34-27-17(4)16(3)26(18(5)25(21)27)29-23(30)12-28(6,7)8/h9-11,15,21H,12-14H2,1-8H3,(H,29,30)(H,31,32). The van der Waals surface area contributed by atoms with E-state index in [0.717, 1.165) is 44.8 Å². The summed E-state index contributed by atoms with van der Waals surface area (Å²) in [5.41, 5.74) is 6.82. The van der Waals surface area contributed by atoms with Crippen LogP contribution in [0.2, 0.25) is 0 Å². The molecule has 0 saturated carbocycles. The van der Waals surface area contributed by atoms with Crippen molar-refractivity contribution >= 4 is 17.6 Å². The molecule has 1 amide bonds. The smallest absolute Gasteiger partial charge is 0.341 e. The van der Waals surface area contributed by atoms with Gasteiger partial charge in [-0.15, -0.1) is 0 Å². The Morgan fingerprint density at radius 1 is 1.15 bits per heavy atom. The van der Waals surface area contributed by atoms with Gasteiger partial charge in [0.05, 0.1) is 6.61 Å². The van der Waals surface area contributed by atoms with Crippen molar-refractivity contribution in [3.05, 3.63) is 51.6 Å². The number of aliphatic carboxylic acids is 1. The van der Waals surface area contributed by atoms with Crippen molar-refractivity contribution in [1.82, 2.24) is 0 Å². The Balaban J connectivity index is 2.04. The summed E-state index contributed by atoms with van der Waals surface area (Å²) in [5, 5.41) is 12.3. The lowest BCUT2D eigenvalue weighted by Gasteiger charge is -2.23. The Labute approximate surface area is 202 Å². The molecule has 1 unspecified atom stereocenters. The molecule has 6 nitrogen and oxygen atoms in total. The third kappa shape index (κ3) is 5.37. The van der Waals surface area contributed by atoms with Crippen LogP contribution < -0.4 is 14.8 Å². The molecule has 0 radical (unpaired) electrons. The molecule has 0 bridgehead atoms. The Morgan fingerprint density at radius 2 is 1.82 bits per heavy atom. The second-order valence-corrected chi connectivity index (χ2v) is 10.8. The minimum atomic E-state index is -1.01. The van der Waals surface area contributed by atoms with Crippen LogP contribution in [0, 0.1) is 26.2 Å². The first-order valence-corrected chi connectivity index (χ1v) is 11.8. The van der Waals surface area contributed by atoms with Gasteiger partial charge in [-0.25, -0.2) is 4.79 Å². The van der Waals surface area contributed by atoms with E-state index >= 15 is 0 Å². The topological polar surface area (TPSA) is 84.9 Å². The molecule has 0 fully saturated rings. The fraction of sp³-hybridized carbons (Fsp3) is 0.500. The summed E-state index contributed by atoms with van der Waals surface area (Å²) in [6.45, 7) is 16.4. The van der Waals surface area contributed by atoms with E-state index in [1.165, 1.54) is 0 Å². The molecule has 0 aromatic heterocycles. The summed E-state index contributed by atoms with van der Waals surface area (Å²) in [4.78, 5) is 23.9. The molecular formula is C28H37NO5. The highest BCUT2D eigenvalue weighted by atomic mass is 16.5. The molecule has 1 heterocycles. The van der Waals surface area contributed by atoms with Gasteiger partial charge in [-0.3, -0.25) is 4.79 Å². The number of hydrogen-bond donors (Lipinski definition) is 2. The Kier molecular flexibility index (Phi) is 7.29. The molecule has 2 aromatic rings. The average Bonchev–Trinajstić information content (AvgIpc) is 3.17. The van der Waals surface area contributed by atoms with E-state index in [-0.39, 0.29) is 29.8 Å². The van der Waals surface area contributed by atoms with Crippen molar-refractivity contribution in [2.24, 2.45) is 5.41 Å². The molecule has 0 aliphatic carbocycles. The van der Waals surface area contributed by atoms with Crippen molar-refractivity contribution in [3.63, 3.8) is 0 Å². The van der Waals surface area contributed by atoms with Crippen LogP contribution in [-0.4, -0.2) is 30.2 Å². The van der Waals surface area contributed by atoms with E-state index < -0.39 is 5.97 Å². The molecular weight excluding hydrogens is 430 g/mol. The monoisotopic (exact) mass is 467 g/mol. The van der Waals surface area contributed by atoms with Crippen molar-refractivity contribution in [1.29, 1.82) is 0 Å². The summed E-state index contributed by atoms with van der Waals surface area (Å²) in [5.74, 6) is 0.604. The van der Waals surface area contributed by atoms with Crippen LogP contribution in [0.15, 0.2) is 18.2 Å². The molecule has 2 N–H and O–H groups in total. The number of carbonyl (C=O) groups excluding carboxylic acids is 1. The first-order valence-electron chi connectivity index (χ1n) is 11.8. The number of carboxylic acid groups (broad SMARTS) is 1. The van der Waals surface area contributed by atoms with E-state index in [4.69, 9.17) is 14.6 Å². The van der Waals surface area contributed by atoms with Gasteiger partial charge in [0.25, 0.3) is 0 Å². The number of amides is 1. The highest BCUT2D eigenvalue weighted by Crippen LogP contribution is 2.47. The van der Waals surface area contributed by atoms with Crippen molar-refractivity contribution in [3.8, 4) is 11.5 Å². The zero-order valence-corrected chi connectivity index (χ0v) is 21.6. The fourth-order valence-corrected chi connectivity index (χ4v) is 4.63. The number of anilines is 1. The Bertz CT molecular complexity index is 1110. The second-order valence-electron chi connectivity index (χ2n) is 10.8. The van der Waals surface area contributed by atoms with E-state index in [2.05, 4.69) is 46.0 Å². The predicted octanol–water partition coefficient (Wildman–Crippen LogP) is 6.10. The van der Waals surface area contributed by atoms with E-state index in [0.29, 0.717) is 18.8 Å². The van der Waals surface area contributed by atoms with Gasteiger partial charge in [-0.1, -0.05) is 46.8 Å². The fourth-order valence-electron chi connectivity index (χ4n) is 4.63. The normalized spacial score (nSPS) is 15.1. The number of hydrogen-bond acceptors (Lipinski definition) is 4. The van der Waals surface area contributed by atoms with Crippen LogP contribution in [-0.2, 0) is 9.59 Å². The van der Waals surface area contributed by atoms with Crippen molar-refractivity contribution in [2.45, 2.75) is 73.6 Å². The first-order chi connectivity index (χ1) is 15.8. The highest BCUT2D eigenvalue weighted by Gasteiger charge is 2.33. The quantitative estimate of drug-likeness (QED) is 0.514. The van der Waals surface area contributed by atoms with Gasteiger partial charge in [0.2, 0.25) is 5.91 Å². The molecule has 1 aliphatic heterocycles. The van der Waals surface area contributed by atoms with Gasteiger partial charge in [0, 0.05) is 23.6 Å². The average molecular weight is 468 g/mol. The van der Waals surface area contributed by atoms with Gasteiger partial charge >= 0.3 is 5.97 Å². The first kappa shape index (κ1) is 25.6. The highest BCUT2D eigenvalue weighted by molar-refractivity contribution is 5.93. The summed E-state index contributed by atoms with van der Waals surface area (Å²) in [7, 11) is 0. The number of fused-ring (bicyclic) bond motifs is 1. The minimum absolute atomic E-state index is 0.000779. The van der Waals surface area contributed by atoms with Gasteiger partial charge in [0.1, 0.15) is 11.5 Å². The number of ether oxygens (including phenoxy) is 2. The van der Waals surface area contributed by atoms with Crippen LogP contribution in [0.25, 0.3) is 0 Å². The maximum Gasteiger partial charge on any atom is 0.341 e. The lowest BCUT2D eigenvalue weighted by atomic mass is 9.85. The molecule has 0 spiro atoms. The van der Waals surface area contributed by atoms with Gasteiger partial charge < -0.3 is 19.9 Å².